The average molecular weight is 224 g/mol. The van der Waals surface area contributed by atoms with Gasteiger partial charge in [-0.05, 0) is 19.4 Å². The van der Waals surface area contributed by atoms with Crippen molar-refractivity contribution in [1.29, 1.82) is 0 Å². The highest BCUT2D eigenvalue weighted by molar-refractivity contribution is 6.20. The van der Waals surface area contributed by atoms with Crippen LogP contribution in [-0.4, -0.2) is 14.5 Å². The van der Waals surface area contributed by atoms with Crippen LogP contribution in [0.3, 0.4) is 0 Å². The zero-order valence-corrected chi connectivity index (χ0v) is 9.70. The summed E-state index contributed by atoms with van der Waals surface area (Å²) in [5.41, 5.74) is 2.04. The molecule has 15 heavy (non-hydrogen) atoms. The number of imidazole rings is 1. The minimum atomic E-state index is -0.0658. The molecule has 0 saturated heterocycles. The smallest absolute Gasteiger partial charge is 0.127 e. The van der Waals surface area contributed by atoms with Gasteiger partial charge in [0.2, 0.25) is 0 Å². The van der Waals surface area contributed by atoms with Crippen LogP contribution in [0.1, 0.15) is 31.5 Å². The van der Waals surface area contributed by atoms with E-state index in [2.05, 4.69) is 21.5 Å². The van der Waals surface area contributed by atoms with Crippen molar-refractivity contribution >= 4 is 22.6 Å². The van der Waals surface area contributed by atoms with Crippen molar-refractivity contribution in [3.05, 3.63) is 24.3 Å². The predicted molar refractivity (Wildman–Crippen MR) is 62.1 cm³/mol. The number of pyridine rings is 1. The van der Waals surface area contributed by atoms with Gasteiger partial charge in [0.15, 0.2) is 0 Å². The Kier molecular flexibility index (Phi) is 2.91. The molecule has 0 radical (unpaired) electrons. The van der Waals surface area contributed by atoms with E-state index in [0.717, 1.165) is 29.8 Å². The maximum atomic E-state index is 6.11. The number of aryl methyl sites for hydroxylation is 1. The Hall–Kier alpha value is -1.09. The molecule has 0 aliphatic rings. The molecule has 0 aliphatic heterocycles. The lowest BCUT2D eigenvalue weighted by atomic mass is 10.4. The number of alkyl halides is 1. The van der Waals surface area contributed by atoms with Crippen LogP contribution in [-0.2, 0) is 6.54 Å². The standard InChI is InChI=1S/C11H14ClN3/c1-3-6-15-10-7-13-5-4-9(10)14-11(15)8(2)12/h4-5,7-8H,3,6H2,1-2H3. The van der Waals surface area contributed by atoms with E-state index in [4.69, 9.17) is 11.6 Å². The Bertz CT molecular complexity index is 462. The first-order valence-electron chi connectivity index (χ1n) is 5.18. The van der Waals surface area contributed by atoms with Crippen molar-refractivity contribution in [2.75, 3.05) is 0 Å². The van der Waals surface area contributed by atoms with Crippen LogP contribution in [0, 0.1) is 0 Å². The Balaban J connectivity index is 2.63. The number of fused-ring (bicyclic) bond motifs is 1. The largest absolute Gasteiger partial charge is 0.325 e. The fourth-order valence-corrected chi connectivity index (χ4v) is 1.92. The highest BCUT2D eigenvalue weighted by Crippen LogP contribution is 2.23. The van der Waals surface area contributed by atoms with E-state index < -0.39 is 0 Å². The molecule has 0 N–H and O–H groups in total. The SMILES string of the molecule is CCCn1c(C(C)Cl)nc2ccncc21. The second-order valence-corrected chi connectivity index (χ2v) is 4.26. The summed E-state index contributed by atoms with van der Waals surface area (Å²) in [6, 6.07) is 1.92. The molecule has 0 fully saturated rings. The third-order valence-corrected chi connectivity index (χ3v) is 2.58. The third kappa shape index (κ3) is 1.84. The highest BCUT2D eigenvalue weighted by atomic mass is 35.5. The van der Waals surface area contributed by atoms with Crippen molar-refractivity contribution < 1.29 is 0 Å². The Morgan fingerprint density at radius 1 is 1.53 bits per heavy atom. The zero-order chi connectivity index (χ0) is 10.8. The van der Waals surface area contributed by atoms with Crippen molar-refractivity contribution in [1.82, 2.24) is 14.5 Å². The van der Waals surface area contributed by atoms with Gasteiger partial charge < -0.3 is 4.57 Å². The van der Waals surface area contributed by atoms with Crippen molar-refractivity contribution in [3.63, 3.8) is 0 Å². The molecule has 1 unspecified atom stereocenters. The lowest BCUT2D eigenvalue weighted by Gasteiger charge is -2.08. The summed E-state index contributed by atoms with van der Waals surface area (Å²) in [6.45, 7) is 5.03. The van der Waals surface area contributed by atoms with Crippen LogP contribution in [0.4, 0.5) is 0 Å². The summed E-state index contributed by atoms with van der Waals surface area (Å²) in [5.74, 6) is 0.932. The first-order valence-corrected chi connectivity index (χ1v) is 5.62. The minimum absolute atomic E-state index is 0.0658. The summed E-state index contributed by atoms with van der Waals surface area (Å²) in [4.78, 5) is 8.65. The second-order valence-electron chi connectivity index (χ2n) is 3.60. The topological polar surface area (TPSA) is 30.7 Å². The fraction of sp³-hybridized carbons (Fsp3) is 0.455. The monoisotopic (exact) mass is 223 g/mol. The molecular formula is C11H14ClN3. The van der Waals surface area contributed by atoms with E-state index in [1.54, 1.807) is 6.20 Å². The summed E-state index contributed by atoms with van der Waals surface area (Å²) < 4.78 is 2.15. The van der Waals surface area contributed by atoms with Crippen molar-refractivity contribution in [3.8, 4) is 0 Å². The van der Waals surface area contributed by atoms with Crippen LogP contribution < -0.4 is 0 Å². The van der Waals surface area contributed by atoms with Gasteiger partial charge in [-0.3, -0.25) is 4.98 Å². The zero-order valence-electron chi connectivity index (χ0n) is 8.94. The quantitative estimate of drug-likeness (QED) is 0.749. The van der Waals surface area contributed by atoms with Crippen LogP contribution in [0.25, 0.3) is 11.0 Å². The molecule has 3 nitrogen and oxygen atoms in total. The molecule has 0 saturated carbocycles. The normalized spacial score (nSPS) is 13.3. The molecule has 0 bridgehead atoms. The molecule has 2 rings (SSSR count). The Labute approximate surface area is 94.1 Å². The van der Waals surface area contributed by atoms with E-state index in [1.165, 1.54) is 0 Å². The van der Waals surface area contributed by atoms with Gasteiger partial charge in [-0.1, -0.05) is 6.92 Å². The van der Waals surface area contributed by atoms with E-state index in [-0.39, 0.29) is 5.38 Å². The molecule has 4 heteroatoms. The molecular weight excluding hydrogens is 210 g/mol. The highest BCUT2D eigenvalue weighted by Gasteiger charge is 2.13. The molecule has 0 spiro atoms. The summed E-state index contributed by atoms with van der Waals surface area (Å²) in [7, 11) is 0. The van der Waals surface area contributed by atoms with Crippen LogP contribution >= 0.6 is 11.6 Å². The lowest BCUT2D eigenvalue weighted by Crippen LogP contribution is -2.03. The maximum Gasteiger partial charge on any atom is 0.127 e. The van der Waals surface area contributed by atoms with Gasteiger partial charge in [-0.2, -0.15) is 0 Å². The Morgan fingerprint density at radius 2 is 2.33 bits per heavy atom. The third-order valence-electron chi connectivity index (χ3n) is 2.38. The van der Waals surface area contributed by atoms with Gasteiger partial charge in [-0.15, -0.1) is 11.6 Å². The molecule has 80 valence electrons. The van der Waals surface area contributed by atoms with Crippen molar-refractivity contribution in [2.45, 2.75) is 32.2 Å². The maximum absolute atomic E-state index is 6.11. The molecule has 2 heterocycles. The summed E-state index contributed by atoms with van der Waals surface area (Å²) in [6.07, 6.45) is 4.67. The van der Waals surface area contributed by atoms with E-state index in [9.17, 15) is 0 Å². The number of rotatable bonds is 3. The van der Waals surface area contributed by atoms with E-state index in [0.29, 0.717) is 0 Å². The fourth-order valence-electron chi connectivity index (χ4n) is 1.75. The van der Waals surface area contributed by atoms with Gasteiger partial charge >= 0.3 is 0 Å². The minimum Gasteiger partial charge on any atom is -0.325 e. The van der Waals surface area contributed by atoms with Gasteiger partial charge in [0.05, 0.1) is 22.6 Å². The number of halogens is 1. The predicted octanol–water partition coefficient (Wildman–Crippen LogP) is 3.14. The second kappa shape index (κ2) is 4.19. The van der Waals surface area contributed by atoms with Crippen molar-refractivity contribution in [2.24, 2.45) is 0 Å². The molecule has 1 atom stereocenters. The molecule has 2 aromatic heterocycles. The molecule has 2 aromatic rings. The number of nitrogens with zero attached hydrogens (tertiary/aromatic N) is 3. The first-order chi connectivity index (χ1) is 7.24. The van der Waals surface area contributed by atoms with E-state index >= 15 is 0 Å². The van der Waals surface area contributed by atoms with Gasteiger partial charge in [0.25, 0.3) is 0 Å². The van der Waals surface area contributed by atoms with Crippen LogP contribution in [0.5, 0.6) is 0 Å². The summed E-state index contributed by atoms with van der Waals surface area (Å²) >= 11 is 6.11. The van der Waals surface area contributed by atoms with E-state index in [1.807, 2.05) is 19.2 Å². The first kappa shape index (κ1) is 10.4. The van der Waals surface area contributed by atoms with Crippen LogP contribution in [0.15, 0.2) is 18.5 Å². The van der Waals surface area contributed by atoms with Gasteiger partial charge in [0.1, 0.15) is 5.82 Å². The number of hydrogen-bond donors (Lipinski definition) is 0. The summed E-state index contributed by atoms with van der Waals surface area (Å²) in [5, 5.41) is -0.0658. The molecule has 0 aromatic carbocycles. The lowest BCUT2D eigenvalue weighted by molar-refractivity contribution is 0.654. The van der Waals surface area contributed by atoms with Gasteiger partial charge in [0, 0.05) is 12.7 Å². The number of hydrogen-bond acceptors (Lipinski definition) is 2. The number of aromatic nitrogens is 3. The average Bonchev–Trinajstić information content (AvgIpc) is 2.58. The molecule has 0 amide bonds. The van der Waals surface area contributed by atoms with Gasteiger partial charge in [-0.25, -0.2) is 4.98 Å². The molecule has 0 aliphatic carbocycles. The van der Waals surface area contributed by atoms with Crippen LogP contribution in [0.2, 0.25) is 0 Å². The Morgan fingerprint density at radius 3 is 3.00 bits per heavy atom.